The molecule has 0 aliphatic carbocycles. The van der Waals surface area contributed by atoms with Gasteiger partial charge in [0.2, 0.25) is 11.8 Å². The van der Waals surface area contributed by atoms with Gasteiger partial charge in [0.05, 0.1) is 12.8 Å². The van der Waals surface area contributed by atoms with Crippen molar-refractivity contribution >= 4 is 27.7 Å². The maximum absolute atomic E-state index is 13.8. The van der Waals surface area contributed by atoms with Crippen molar-refractivity contribution < 1.29 is 22.7 Å². The van der Waals surface area contributed by atoms with E-state index in [0.29, 0.717) is 23.4 Å². The molecule has 0 bridgehead atoms. The lowest BCUT2D eigenvalue weighted by molar-refractivity contribution is -0.140. The first kappa shape index (κ1) is 28.1. The number of benzene rings is 2. The fourth-order valence-corrected chi connectivity index (χ4v) is 4.86. The Morgan fingerprint density at radius 3 is 2.34 bits per heavy atom. The molecule has 10 heteroatoms. The Kier molecular flexibility index (Phi) is 9.67. The number of aryl methyl sites for hydroxylation is 2. The average molecular weight is 505 g/mol. The number of carbonyl (C=O) groups excluding carboxylic acids is 2. The number of nitrogens with zero attached hydrogens (tertiary/aromatic N) is 3. The van der Waals surface area contributed by atoms with Gasteiger partial charge in [0.1, 0.15) is 18.3 Å². The molecule has 2 rings (SSSR count). The van der Waals surface area contributed by atoms with Gasteiger partial charge in [0, 0.05) is 27.7 Å². The number of methoxy groups -OCH3 is 1. The first-order chi connectivity index (χ1) is 16.5. The summed E-state index contributed by atoms with van der Waals surface area (Å²) in [6, 6.07) is 11.9. The fourth-order valence-electron chi connectivity index (χ4n) is 3.74. The summed E-state index contributed by atoms with van der Waals surface area (Å²) in [6.07, 6.45) is 0.360. The van der Waals surface area contributed by atoms with Crippen LogP contribution in [0, 0.1) is 13.8 Å². The molecule has 2 aromatic carbocycles. The van der Waals surface area contributed by atoms with E-state index in [0.717, 1.165) is 19.7 Å². The maximum Gasteiger partial charge on any atom is 0.304 e. The fraction of sp³-hybridized carbons (Fsp3) is 0.440. The molecule has 0 unspecified atom stereocenters. The van der Waals surface area contributed by atoms with E-state index in [1.165, 1.54) is 26.0 Å². The second-order valence-electron chi connectivity index (χ2n) is 8.50. The smallest absolute Gasteiger partial charge is 0.304 e. The van der Waals surface area contributed by atoms with Gasteiger partial charge in [0.15, 0.2) is 0 Å². The van der Waals surface area contributed by atoms with E-state index in [2.05, 4.69) is 5.32 Å². The minimum atomic E-state index is -4.00. The topological polar surface area (TPSA) is 99.3 Å². The molecule has 35 heavy (non-hydrogen) atoms. The van der Waals surface area contributed by atoms with Crippen molar-refractivity contribution in [3.63, 3.8) is 0 Å². The molecule has 0 aliphatic heterocycles. The molecule has 1 N–H and O–H groups in total. The van der Waals surface area contributed by atoms with Crippen molar-refractivity contribution in [3.05, 3.63) is 59.2 Å². The molecular weight excluding hydrogens is 468 g/mol. The second kappa shape index (κ2) is 12.0. The van der Waals surface area contributed by atoms with Gasteiger partial charge < -0.3 is 15.0 Å². The summed E-state index contributed by atoms with van der Waals surface area (Å²) in [4.78, 5) is 27.9. The molecule has 0 saturated carbocycles. The van der Waals surface area contributed by atoms with E-state index in [4.69, 9.17) is 4.74 Å². The molecule has 0 fully saturated rings. The molecule has 0 saturated heterocycles. The lowest BCUT2D eigenvalue weighted by Crippen LogP contribution is -2.53. The summed E-state index contributed by atoms with van der Waals surface area (Å²) in [5, 5.41) is 2.61. The molecule has 0 aliphatic rings. The van der Waals surface area contributed by atoms with Crippen LogP contribution in [0.1, 0.15) is 30.0 Å². The highest BCUT2D eigenvalue weighted by Crippen LogP contribution is 2.26. The third-order valence-electron chi connectivity index (χ3n) is 5.77. The van der Waals surface area contributed by atoms with Gasteiger partial charge in [-0.1, -0.05) is 31.2 Å². The Balaban J connectivity index is 2.55. The van der Waals surface area contributed by atoms with Crippen LogP contribution in [0.2, 0.25) is 0 Å². The number of rotatable bonds is 11. The third kappa shape index (κ3) is 6.73. The van der Waals surface area contributed by atoms with Crippen LogP contribution in [0.3, 0.4) is 0 Å². The van der Waals surface area contributed by atoms with Crippen LogP contribution in [0.15, 0.2) is 42.5 Å². The second-order valence-corrected chi connectivity index (χ2v) is 10.6. The van der Waals surface area contributed by atoms with E-state index < -0.39 is 28.7 Å². The molecule has 0 spiro atoms. The van der Waals surface area contributed by atoms with Crippen LogP contribution in [0.5, 0.6) is 5.75 Å². The number of hydrogen-bond donors (Lipinski definition) is 1. The predicted octanol–water partition coefficient (Wildman–Crippen LogP) is 2.48. The molecule has 9 nitrogen and oxygen atoms in total. The highest BCUT2D eigenvalue weighted by atomic mass is 32.2. The van der Waals surface area contributed by atoms with E-state index in [9.17, 15) is 18.0 Å². The van der Waals surface area contributed by atoms with Gasteiger partial charge in [-0.3, -0.25) is 9.59 Å². The Hall–Kier alpha value is -3.11. The number of hydrogen-bond acceptors (Lipinski definition) is 5. The van der Waals surface area contributed by atoms with Gasteiger partial charge in [-0.25, -0.2) is 4.31 Å². The number of amides is 2. The van der Waals surface area contributed by atoms with Crippen LogP contribution in [-0.4, -0.2) is 70.3 Å². The number of anilines is 1. The molecule has 1 atom stereocenters. The molecule has 0 aromatic heterocycles. The molecule has 0 heterocycles. The zero-order valence-electron chi connectivity index (χ0n) is 21.5. The zero-order chi connectivity index (χ0) is 26.3. The van der Waals surface area contributed by atoms with Crippen molar-refractivity contribution in [1.82, 2.24) is 14.5 Å². The van der Waals surface area contributed by atoms with Crippen LogP contribution in [0.4, 0.5) is 5.69 Å². The molecule has 2 aromatic rings. The zero-order valence-corrected chi connectivity index (χ0v) is 22.3. The average Bonchev–Trinajstić information content (AvgIpc) is 2.83. The Morgan fingerprint density at radius 1 is 1.09 bits per heavy atom. The van der Waals surface area contributed by atoms with Crippen molar-refractivity contribution in [3.8, 4) is 5.75 Å². The summed E-state index contributed by atoms with van der Waals surface area (Å²) in [5.74, 6) is -0.192. The first-order valence-corrected chi connectivity index (χ1v) is 12.8. The Bertz CT molecular complexity index is 1150. The lowest BCUT2D eigenvalue weighted by atomic mass is 10.1. The molecular formula is C25H36N4O5S. The molecule has 192 valence electrons. The normalized spacial score (nSPS) is 12.2. The van der Waals surface area contributed by atoms with Gasteiger partial charge in [0.25, 0.3) is 0 Å². The number of likely N-dealkylation sites (N-methyl/N-ethyl adjacent to an activating group) is 1. The van der Waals surface area contributed by atoms with E-state index in [-0.39, 0.29) is 12.5 Å². The maximum atomic E-state index is 13.8. The van der Waals surface area contributed by atoms with Crippen molar-refractivity contribution in [2.75, 3.05) is 39.1 Å². The largest absolute Gasteiger partial charge is 0.497 e. The summed E-state index contributed by atoms with van der Waals surface area (Å²) in [5.41, 5.74) is 2.75. The highest BCUT2D eigenvalue weighted by molar-refractivity contribution is 7.90. The van der Waals surface area contributed by atoms with Crippen molar-refractivity contribution in [2.24, 2.45) is 0 Å². The predicted molar refractivity (Wildman–Crippen MR) is 138 cm³/mol. The summed E-state index contributed by atoms with van der Waals surface area (Å²) in [6.45, 7) is 5.13. The third-order valence-corrected chi connectivity index (χ3v) is 7.58. The molecule has 2 amide bonds. The van der Waals surface area contributed by atoms with E-state index in [1.54, 1.807) is 38.3 Å². The highest BCUT2D eigenvalue weighted by Gasteiger charge is 2.34. The van der Waals surface area contributed by atoms with E-state index in [1.807, 2.05) is 32.0 Å². The number of carbonyl (C=O) groups is 2. The summed E-state index contributed by atoms with van der Waals surface area (Å²) < 4.78 is 34.1. The van der Waals surface area contributed by atoms with Crippen molar-refractivity contribution in [1.29, 1.82) is 0 Å². The molecule has 0 radical (unpaired) electrons. The quantitative estimate of drug-likeness (QED) is 0.507. The lowest BCUT2D eigenvalue weighted by Gasteiger charge is -2.34. The van der Waals surface area contributed by atoms with Crippen LogP contribution < -0.4 is 14.4 Å². The van der Waals surface area contributed by atoms with Crippen LogP contribution >= 0.6 is 0 Å². The summed E-state index contributed by atoms with van der Waals surface area (Å²) in [7, 11) is 1.90. The number of nitrogens with one attached hydrogen (secondary N) is 1. The first-order valence-electron chi connectivity index (χ1n) is 11.4. The minimum Gasteiger partial charge on any atom is -0.497 e. The van der Waals surface area contributed by atoms with Crippen molar-refractivity contribution in [2.45, 2.75) is 39.8 Å². The Labute approximate surface area is 208 Å². The number of ether oxygens (including phenoxy) is 1. The van der Waals surface area contributed by atoms with Gasteiger partial charge >= 0.3 is 10.2 Å². The van der Waals surface area contributed by atoms with Crippen LogP contribution in [0.25, 0.3) is 0 Å². The van der Waals surface area contributed by atoms with Gasteiger partial charge in [-0.15, -0.1) is 0 Å². The monoisotopic (exact) mass is 504 g/mol. The van der Waals surface area contributed by atoms with E-state index >= 15 is 0 Å². The van der Waals surface area contributed by atoms with Crippen LogP contribution in [-0.2, 0) is 26.3 Å². The minimum absolute atomic E-state index is 0.116. The standard InChI is InChI=1S/C25H36N4O5S/c1-8-22(25(31)26-4)28(16-20-10-9-11-21(15-20)34-7)24(30)17-29(35(32,33)27(5)6)23-14-18(2)12-13-19(23)3/h9-15,22H,8,16-17H2,1-7H3,(H,26,31)/t22-/m0/s1. The van der Waals surface area contributed by atoms with Gasteiger partial charge in [-0.2, -0.15) is 12.7 Å². The van der Waals surface area contributed by atoms with Gasteiger partial charge in [-0.05, 0) is 55.2 Å². The SMILES string of the molecule is CC[C@@H](C(=O)NC)N(Cc1cccc(OC)c1)C(=O)CN(c1cc(C)ccc1C)S(=O)(=O)N(C)C. The Morgan fingerprint density at radius 2 is 1.77 bits per heavy atom. The summed E-state index contributed by atoms with van der Waals surface area (Å²) >= 11 is 0.